The lowest BCUT2D eigenvalue weighted by atomic mass is 10.2. The van der Waals surface area contributed by atoms with Crippen LogP contribution in [0.15, 0.2) is 12.1 Å². The Morgan fingerprint density at radius 1 is 1.19 bits per heavy atom. The van der Waals surface area contributed by atoms with E-state index in [1.807, 2.05) is 19.1 Å². The molecule has 0 amide bonds. The molecule has 0 aliphatic carbocycles. The molecule has 7 heteroatoms. The summed E-state index contributed by atoms with van der Waals surface area (Å²) in [5.74, 6) is 1.67. The largest absolute Gasteiger partial charge is 0.367 e. The summed E-state index contributed by atoms with van der Waals surface area (Å²) in [6, 6.07) is 4.40. The predicted octanol–water partition coefficient (Wildman–Crippen LogP) is 0.481. The van der Waals surface area contributed by atoms with Gasteiger partial charge in [-0.25, -0.2) is 0 Å². The van der Waals surface area contributed by atoms with Crippen LogP contribution in [0.2, 0.25) is 0 Å². The van der Waals surface area contributed by atoms with Gasteiger partial charge in [0.2, 0.25) is 0 Å². The van der Waals surface area contributed by atoms with Crippen molar-refractivity contribution in [3.63, 3.8) is 0 Å². The number of piperazine rings is 1. The third kappa shape index (κ3) is 3.14. The Hall–Kier alpha value is -1.73. The number of hydrogen-bond donors (Lipinski definition) is 1. The smallest absolute Gasteiger partial charge is 0.178 e. The molecule has 114 valence electrons. The van der Waals surface area contributed by atoms with Crippen molar-refractivity contribution < 1.29 is 0 Å². The average Bonchev–Trinajstić information content (AvgIpc) is 2.87. The molecular formula is C14H23N7. The van der Waals surface area contributed by atoms with E-state index in [4.69, 9.17) is 0 Å². The van der Waals surface area contributed by atoms with E-state index in [-0.39, 0.29) is 0 Å². The van der Waals surface area contributed by atoms with Gasteiger partial charge in [0.25, 0.3) is 0 Å². The van der Waals surface area contributed by atoms with E-state index in [1.54, 1.807) is 4.52 Å². The van der Waals surface area contributed by atoms with Crippen LogP contribution in [0, 0.1) is 6.92 Å². The average molecular weight is 289 g/mol. The quantitative estimate of drug-likeness (QED) is 0.883. The van der Waals surface area contributed by atoms with Crippen LogP contribution >= 0.6 is 0 Å². The number of fused-ring (bicyclic) bond motifs is 1. The first-order valence-electron chi connectivity index (χ1n) is 7.49. The van der Waals surface area contributed by atoms with E-state index in [9.17, 15) is 0 Å². The highest BCUT2D eigenvalue weighted by Gasteiger charge is 2.18. The monoisotopic (exact) mass is 289 g/mol. The van der Waals surface area contributed by atoms with E-state index < -0.39 is 0 Å². The molecule has 1 aliphatic heterocycles. The molecule has 21 heavy (non-hydrogen) atoms. The number of aromatic nitrogens is 4. The number of rotatable bonds is 4. The highest BCUT2D eigenvalue weighted by atomic mass is 15.4. The standard InChI is InChI=1S/C14H23N7/c1-11(20-8-6-19(3)7-9-20)10-15-13-4-5-14-17-16-12(2)21(14)18-13/h4-5,11H,6-10H2,1-3H3,(H,15,18). The molecular weight excluding hydrogens is 266 g/mol. The van der Waals surface area contributed by atoms with Crippen molar-refractivity contribution in [3.05, 3.63) is 18.0 Å². The summed E-state index contributed by atoms with van der Waals surface area (Å²) in [4.78, 5) is 4.90. The summed E-state index contributed by atoms with van der Waals surface area (Å²) in [6.45, 7) is 9.63. The molecule has 0 radical (unpaired) electrons. The Morgan fingerprint density at radius 2 is 1.95 bits per heavy atom. The summed E-state index contributed by atoms with van der Waals surface area (Å²) in [5, 5.41) is 16.0. The molecule has 7 nitrogen and oxygen atoms in total. The van der Waals surface area contributed by atoms with Crippen LogP contribution < -0.4 is 5.32 Å². The van der Waals surface area contributed by atoms with E-state index >= 15 is 0 Å². The number of aryl methyl sites for hydroxylation is 1. The molecule has 1 fully saturated rings. The molecule has 0 saturated carbocycles. The molecule has 1 N–H and O–H groups in total. The van der Waals surface area contributed by atoms with Gasteiger partial charge in [-0.3, -0.25) is 4.90 Å². The van der Waals surface area contributed by atoms with Crippen molar-refractivity contribution in [1.82, 2.24) is 29.6 Å². The second-order valence-electron chi connectivity index (χ2n) is 5.80. The number of anilines is 1. The molecule has 3 rings (SSSR count). The third-order valence-electron chi connectivity index (χ3n) is 4.16. The zero-order chi connectivity index (χ0) is 14.8. The molecule has 0 aromatic carbocycles. The van der Waals surface area contributed by atoms with Gasteiger partial charge in [0, 0.05) is 38.8 Å². The molecule has 1 atom stereocenters. The van der Waals surface area contributed by atoms with Crippen LogP contribution in [0.4, 0.5) is 5.82 Å². The van der Waals surface area contributed by atoms with Gasteiger partial charge in [0.15, 0.2) is 11.5 Å². The molecule has 0 spiro atoms. The van der Waals surface area contributed by atoms with Crippen molar-refractivity contribution in [1.29, 1.82) is 0 Å². The minimum absolute atomic E-state index is 0.498. The van der Waals surface area contributed by atoms with E-state index in [2.05, 4.69) is 44.4 Å². The summed E-state index contributed by atoms with van der Waals surface area (Å²) in [7, 11) is 2.18. The SMILES string of the molecule is Cc1nnc2ccc(NCC(C)N3CCN(C)CC3)nn12. The van der Waals surface area contributed by atoms with Gasteiger partial charge in [-0.2, -0.15) is 4.52 Å². The van der Waals surface area contributed by atoms with E-state index in [0.717, 1.165) is 50.0 Å². The van der Waals surface area contributed by atoms with Crippen molar-refractivity contribution in [2.24, 2.45) is 0 Å². The number of likely N-dealkylation sites (N-methyl/N-ethyl adjacent to an activating group) is 1. The maximum Gasteiger partial charge on any atom is 0.178 e. The van der Waals surface area contributed by atoms with Gasteiger partial charge in [0.1, 0.15) is 5.82 Å². The maximum absolute atomic E-state index is 4.52. The third-order valence-corrected chi connectivity index (χ3v) is 4.16. The molecule has 1 aliphatic rings. The van der Waals surface area contributed by atoms with E-state index in [1.165, 1.54) is 0 Å². The van der Waals surface area contributed by atoms with Crippen molar-refractivity contribution >= 4 is 11.5 Å². The molecule has 0 bridgehead atoms. The lowest BCUT2D eigenvalue weighted by Crippen LogP contribution is -2.49. The van der Waals surface area contributed by atoms with Gasteiger partial charge in [-0.05, 0) is 33.0 Å². The van der Waals surface area contributed by atoms with Crippen molar-refractivity contribution in [2.45, 2.75) is 19.9 Å². The van der Waals surface area contributed by atoms with Crippen molar-refractivity contribution in [3.8, 4) is 0 Å². The zero-order valence-electron chi connectivity index (χ0n) is 13.0. The Morgan fingerprint density at radius 3 is 2.71 bits per heavy atom. The van der Waals surface area contributed by atoms with Crippen LogP contribution in [0.3, 0.4) is 0 Å². The Bertz CT molecular complexity index is 600. The molecule has 3 heterocycles. The topological polar surface area (TPSA) is 61.6 Å². The second kappa shape index (κ2) is 5.95. The first kappa shape index (κ1) is 14.2. The first-order chi connectivity index (χ1) is 10.1. The minimum Gasteiger partial charge on any atom is -0.367 e. The van der Waals surface area contributed by atoms with Crippen LogP contribution in [-0.4, -0.2) is 75.4 Å². The lowest BCUT2D eigenvalue weighted by molar-refractivity contribution is 0.123. The molecule has 1 unspecified atom stereocenters. The lowest BCUT2D eigenvalue weighted by Gasteiger charge is -2.36. The Kier molecular flexibility index (Phi) is 4.03. The van der Waals surface area contributed by atoms with Gasteiger partial charge in [-0.1, -0.05) is 0 Å². The summed E-state index contributed by atoms with van der Waals surface area (Å²) in [5.41, 5.74) is 0.783. The normalized spacial score (nSPS) is 19.0. The molecule has 2 aromatic heterocycles. The fourth-order valence-electron chi connectivity index (χ4n) is 2.63. The van der Waals surface area contributed by atoms with Gasteiger partial charge >= 0.3 is 0 Å². The van der Waals surface area contributed by atoms with Crippen LogP contribution in [0.25, 0.3) is 5.65 Å². The summed E-state index contributed by atoms with van der Waals surface area (Å²) in [6.07, 6.45) is 0. The number of hydrogen-bond acceptors (Lipinski definition) is 6. The van der Waals surface area contributed by atoms with Crippen molar-refractivity contribution in [2.75, 3.05) is 45.1 Å². The fraction of sp³-hybridized carbons (Fsp3) is 0.643. The van der Waals surface area contributed by atoms with Gasteiger partial charge < -0.3 is 10.2 Å². The second-order valence-corrected chi connectivity index (χ2v) is 5.80. The zero-order valence-corrected chi connectivity index (χ0v) is 13.0. The Balaban J connectivity index is 1.59. The number of nitrogens with zero attached hydrogens (tertiary/aromatic N) is 6. The minimum atomic E-state index is 0.498. The highest BCUT2D eigenvalue weighted by molar-refractivity contribution is 5.43. The molecule has 1 saturated heterocycles. The number of nitrogens with one attached hydrogen (secondary N) is 1. The van der Waals surface area contributed by atoms with Crippen LogP contribution in [0.1, 0.15) is 12.7 Å². The van der Waals surface area contributed by atoms with Crippen LogP contribution in [0.5, 0.6) is 0 Å². The highest BCUT2D eigenvalue weighted by Crippen LogP contribution is 2.09. The molecule has 2 aromatic rings. The van der Waals surface area contributed by atoms with E-state index in [0.29, 0.717) is 6.04 Å². The van der Waals surface area contributed by atoms with Gasteiger partial charge in [0.05, 0.1) is 0 Å². The first-order valence-corrected chi connectivity index (χ1v) is 7.49. The summed E-state index contributed by atoms with van der Waals surface area (Å²) >= 11 is 0. The maximum atomic E-state index is 4.52. The Labute approximate surface area is 124 Å². The fourth-order valence-corrected chi connectivity index (χ4v) is 2.63. The van der Waals surface area contributed by atoms with Crippen LogP contribution in [-0.2, 0) is 0 Å². The van der Waals surface area contributed by atoms with Gasteiger partial charge in [-0.15, -0.1) is 15.3 Å². The summed E-state index contributed by atoms with van der Waals surface area (Å²) < 4.78 is 1.77. The predicted molar refractivity (Wildman–Crippen MR) is 82.5 cm³/mol.